The maximum atomic E-state index is 13.0. The number of nitrogens with two attached hydrogens (primary N) is 1. The fourth-order valence-electron chi connectivity index (χ4n) is 4.00. The Hall–Kier alpha value is -2.64. The Balaban J connectivity index is 1.75. The van der Waals surface area contributed by atoms with E-state index >= 15 is 0 Å². The zero-order valence-electron chi connectivity index (χ0n) is 19.3. The van der Waals surface area contributed by atoms with Crippen LogP contribution in [0.1, 0.15) is 28.1 Å². The van der Waals surface area contributed by atoms with Gasteiger partial charge in [-0.3, -0.25) is 14.4 Å². The van der Waals surface area contributed by atoms with E-state index in [0.717, 1.165) is 9.77 Å². The number of hydrogen-bond donors (Lipinski definition) is 6. The van der Waals surface area contributed by atoms with Crippen molar-refractivity contribution >= 4 is 40.8 Å². The van der Waals surface area contributed by atoms with E-state index in [9.17, 15) is 29.7 Å². The molecule has 1 aliphatic rings. The van der Waals surface area contributed by atoms with Gasteiger partial charge in [0.15, 0.2) is 0 Å². The van der Waals surface area contributed by atoms with Crippen LogP contribution in [0.5, 0.6) is 5.75 Å². The first kappa shape index (κ1) is 27.0. The van der Waals surface area contributed by atoms with Crippen LogP contribution < -0.4 is 21.1 Å². The fourth-order valence-corrected chi connectivity index (χ4v) is 5.18. The van der Waals surface area contributed by atoms with Gasteiger partial charge >= 0.3 is 0 Å². The van der Waals surface area contributed by atoms with Crippen molar-refractivity contribution in [3.05, 3.63) is 46.2 Å². The van der Waals surface area contributed by atoms with Crippen molar-refractivity contribution in [2.75, 3.05) is 13.4 Å². The molecule has 0 radical (unpaired) electrons. The fraction of sp³-hybridized carbons (Fsp3) is 0.435. The van der Waals surface area contributed by atoms with Crippen molar-refractivity contribution in [1.29, 1.82) is 0 Å². The topological polar surface area (TPSA) is 171 Å². The van der Waals surface area contributed by atoms with Crippen LogP contribution in [0.3, 0.4) is 0 Å². The Bertz CT molecular complexity index is 1070. The molecule has 0 spiro atoms. The van der Waals surface area contributed by atoms with Gasteiger partial charge in [-0.1, -0.05) is 6.07 Å². The molecule has 35 heavy (non-hydrogen) atoms. The molecule has 10 nitrogen and oxygen atoms in total. The lowest BCUT2D eigenvalue weighted by molar-refractivity contribution is -0.159. The maximum Gasteiger partial charge on any atom is 0.255 e. The Kier molecular flexibility index (Phi) is 8.78. The number of aliphatic hydroxyl groups excluding tert-OH is 2. The number of benzene rings is 1. The zero-order chi connectivity index (χ0) is 25.8. The molecule has 0 bridgehead atoms. The summed E-state index contributed by atoms with van der Waals surface area (Å²) in [6.07, 6.45) is -1.78. The SMILES string of the molecule is COc1cc(SC)ccc1C(=O)N[C@@H]1C[C@@](O)(C(=O)N[C@@H](Cc2cccs2)C(N)=O)C[C@@H](O)[C@@H]1O. The first-order valence-corrected chi connectivity index (χ1v) is 12.9. The summed E-state index contributed by atoms with van der Waals surface area (Å²) >= 11 is 2.86. The van der Waals surface area contributed by atoms with Gasteiger partial charge in [0.1, 0.15) is 23.5 Å². The number of thiophene rings is 1. The van der Waals surface area contributed by atoms with Crippen molar-refractivity contribution in [2.24, 2.45) is 5.73 Å². The molecule has 190 valence electrons. The van der Waals surface area contributed by atoms with Gasteiger partial charge in [0, 0.05) is 29.0 Å². The van der Waals surface area contributed by atoms with Gasteiger partial charge in [0.2, 0.25) is 5.91 Å². The Morgan fingerprint density at radius 1 is 1.29 bits per heavy atom. The molecule has 0 saturated heterocycles. The summed E-state index contributed by atoms with van der Waals surface area (Å²) in [4.78, 5) is 39.5. The van der Waals surface area contributed by atoms with E-state index in [2.05, 4.69) is 10.6 Å². The van der Waals surface area contributed by atoms with E-state index in [4.69, 9.17) is 10.5 Å². The molecule has 12 heteroatoms. The molecule has 3 rings (SSSR count). The molecule has 0 aliphatic heterocycles. The summed E-state index contributed by atoms with van der Waals surface area (Å²) in [7, 11) is 1.42. The van der Waals surface area contributed by atoms with Crippen LogP contribution >= 0.6 is 23.1 Å². The molecule has 1 heterocycles. The van der Waals surface area contributed by atoms with Gasteiger partial charge in [0.25, 0.3) is 11.8 Å². The number of primary amides is 1. The van der Waals surface area contributed by atoms with Gasteiger partial charge in [0.05, 0.1) is 24.8 Å². The lowest BCUT2D eigenvalue weighted by Gasteiger charge is -2.41. The highest BCUT2D eigenvalue weighted by atomic mass is 32.2. The van der Waals surface area contributed by atoms with Crippen LogP contribution in [-0.4, -0.2) is 76.3 Å². The Labute approximate surface area is 210 Å². The largest absolute Gasteiger partial charge is 0.496 e. The number of thioether (sulfide) groups is 1. The normalized spacial score (nSPS) is 24.9. The number of hydrogen-bond acceptors (Lipinski definition) is 9. The van der Waals surface area contributed by atoms with Crippen molar-refractivity contribution in [2.45, 2.75) is 54.1 Å². The predicted octanol–water partition coefficient (Wildman–Crippen LogP) is 0.0365. The molecule has 1 aromatic carbocycles. The van der Waals surface area contributed by atoms with Crippen LogP contribution in [0.15, 0.2) is 40.6 Å². The third-order valence-electron chi connectivity index (χ3n) is 5.94. The predicted molar refractivity (Wildman–Crippen MR) is 131 cm³/mol. The average molecular weight is 524 g/mol. The first-order valence-electron chi connectivity index (χ1n) is 10.8. The highest BCUT2D eigenvalue weighted by Gasteiger charge is 2.49. The van der Waals surface area contributed by atoms with Crippen LogP contribution in [0.2, 0.25) is 0 Å². The minimum Gasteiger partial charge on any atom is -0.496 e. The van der Waals surface area contributed by atoms with Crippen LogP contribution in [0.25, 0.3) is 0 Å². The summed E-state index contributed by atoms with van der Waals surface area (Å²) < 4.78 is 5.29. The molecule has 1 aromatic heterocycles. The average Bonchev–Trinajstić information content (AvgIpc) is 3.34. The maximum absolute atomic E-state index is 13.0. The van der Waals surface area contributed by atoms with Gasteiger partial charge < -0.3 is 36.4 Å². The number of rotatable bonds is 9. The number of carbonyl (C=O) groups excluding carboxylic acids is 3. The van der Waals surface area contributed by atoms with E-state index < -0.39 is 60.5 Å². The minimum absolute atomic E-state index is 0.145. The molecule has 0 unspecified atom stereocenters. The van der Waals surface area contributed by atoms with Gasteiger partial charge in [-0.05, 0) is 35.9 Å². The van der Waals surface area contributed by atoms with Crippen molar-refractivity contribution in [3.63, 3.8) is 0 Å². The monoisotopic (exact) mass is 523 g/mol. The van der Waals surface area contributed by atoms with Gasteiger partial charge in [-0.15, -0.1) is 23.1 Å². The zero-order valence-corrected chi connectivity index (χ0v) is 20.9. The highest BCUT2D eigenvalue weighted by molar-refractivity contribution is 7.98. The summed E-state index contributed by atoms with van der Waals surface area (Å²) in [5, 5.41) is 38.8. The molecule has 1 saturated carbocycles. The molecular weight excluding hydrogens is 494 g/mol. The second-order valence-electron chi connectivity index (χ2n) is 8.36. The van der Waals surface area contributed by atoms with Crippen LogP contribution in [0, 0.1) is 0 Å². The number of amides is 3. The molecule has 2 aromatic rings. The summed E-state index contributed by atoms with van der Waals surface area (Å²) in [6, 6.07) is 6.32. The molecule has 5 atom stereocenters. The van der Waals surface area contributed by atoms with Crippen LogP contribution in [0.4, 0.5) is 0 Å². The first-order chi connectivity index (χ1) is 16.6. The third-order valence-corrected chi connectivity index (χ3v) is 7.56. The summed E-state index contributed by atoms with van der Waals surface area (Å²) in [5.41, 5.74) is 3.47. The van der Waals surface area contributed by atoms with E-state index in [0.29, 0.717) is 5.75 Å². The van der Waals surface area contributed by atoms with E-state index in [1.54, 1.807) is 30.3 Å². The molecule has 3 amide bonds. The number of aliphatic hydroxyl groups is 3. The number of methoxy groups -OCH3 is 1. The lowest BCUT2D eigenvalue weighted by Crippen LogP contribution is -2.64. The molecule has 1 aliphatic carbocycles. The smallest absolute Gasteiger partial charge is 0.255 e. The summed E-state index contributed by atoms with van der Waals surface area (Å²) in [6.45, 7) is 0. The number of nitrogens with one attached hydrogen (secondary N) is 2. The van der Waals surface area contributed by atoms with E-state index in [-0.39, 0.29) is 12.0 Å². The molecular formula is C23H29N3O7S2. The van der Waals surface area contributed by atoms with Crippen molar-refractivity contribution < 1.29 is 34.4 Å². The number of ether oxygens (including phenoxy) is 1. The number of carbonyl (C=O) groups is 3. The third kappa shape index (κ3) is 6.33. The second kappa shape index (κ2) is 11.4. The van der Waals surface area contributed by atoms with Crippen LogP contribution in [-0.2, 0) is 16.0 Å². The van der Waals surface area contributed by atoms with Gasteiger partial charge in [-0.2, -0.15) is 0 Å². The molecule has 7 N–H and O–H groups in total. The van der Waals surface area contributed by atoms with E-state index in [1.165, 1.54) is 30.2 Å². The van der Waals surface area contributed by atoms with Crippen molar-refractivity contribution in [3.8, 4) is 5.75 Å². The standard InChI is InChI=1S/C23H29N3O7S2/c1-33-18-9-12(34-2)5-6-14(18)21(30)25-16-10-23(32,11-17(27)19(16)28)22(31)26-15(20(24)29)8-13-4-3-7-35-13/h3-7,9,15-17,19,27-28,32H,8,10-11H2,1-2H3,(H2,24,29)(H,25,30)(H,26,31)/t15-,16+,17+,19+,23-/m0/s1. The second-order valence-corrected chi connectivity index (χ2v) is 10.3. The van der Waals surface area contributed by atoms with Crippen molar-refractivity contribution in [1.82, 2.24) is 10.6 Å². The lowest BCUT2D eigenvalue weighted by atomic mass is 9.77. The highest BCUT2D eigenvalue weighted by Crippen LogP contribution is 2.31. The summed E-state index contributed by atoms with van der Waals surface area (Å²) in [5.74, 6) is -2.00. The molecule has 1 fully saturated rings. The van der Waals surface area contributed by atoms with E-state index in [1.807, 2.05) is 11.6 Å². The van der Waals surface area contributed by atoms with Gasteiger partial charge in [-0.25, -0.2) is 0 Å². The quantitative estimate of drug-likeness (QED) is 0.250. The minimum atomic E-state index is -2.16. The Morgan fingerprint density at radius 2 is 2.03 bits per heavy atom. The Morgan fingerprint density at radius 3 is 2.63 bits per heavy atom.